The van der Waals surface area contributed by atoms with Gasteiger partial charge in [-0.05, 0) is 45.7 Å². The van der Waals surface area contributed by atoms with Gasteiger partial charge >= 0.3 is 6.09 Å². The molecule has 1 fully saturated rings. The van der Waals surface area contributed by atoms with Gasteiger partial charge in [-0.1, -0.05) is 0 Å². The molecule has 0 saturated carbocycles. The van der Waals surface area contributed by atoms with Crippen molar-refractivity contribution in [3.05, 3.63) is 34.9 Å². The summed E-state index contributed by atoms with van der Waals surface area (Å²) in [6.45, 7) is 7.49. The Morgan fingerprint density at radius 3 is 2.62 bits per heavy atom. The number of thiazole rings is 1. The number of hydrogen-bond donors (Lipinski definition) is 0. The van der Waals surface area contributed by atoms with Crippen molar-refractivity contribution in [2.75, 3.05) is 13.1 Å². The highest BCUT2D eigenvalue weighted by Gasteiger charge is 2.27. The van der Waals surface area contributed by atoms with Crippen LogP contribution in [0.5, 0.6) is 0 Å². The van der Waals surface area contributed by atoms with Gasteiger partial charge in [0.1, 0.15) is 10.6 Å². The average molecular weight is 375 g/mol. The van der Waals surface area contributed by atoms with Crippen LogP contribution in [0.2, 0.25) is 0 Å². The summed E-state index contributed by atoms with van der Waals surface area (Å²) in [5.74, 6) is 0. The highest BCUT2D eigenvalue weighted by Crippen LogP contribution is 2.23. The van der Waals surface area contributed by atoms with Crippen molar-refractivity contribution in [1.29, 1.82) is 0 Å². The topological polar surface area (TPSA) is 64.5 Å². The molecule has 2 aromatic rings. The van der Waals surface area contributed by atoms with Crippen LogP contribution < -0.4 is 0 Å². The first-order valence-corrected chi connectivity index (χ1v) is 9.73. The van der Waals surface area contributed by atoms with Crippen molar-refractivity contribution in [1.82, 2.24) is 14.9 Å². The number of pyridine rings is 1. The number of likely N-dealkylation sites (tertiary alicyclic amines) is 1. The molecule has 2 aromatic heterocycles. The van der Waals surface area contributed by atoms with E-state index in [9.17, 15) is 4.79 Å². The van der Waals surface area contributed by atoms with Crippen molar-refractivity contribution in [3.8, 4) is 11.3 Å². The van der Waals surface area contributed by atoms with Gasteiger partial charge in [0, 0.05) is 36.4 Å². The summed E-state index contributed by atoms with van der Waals surface area (Å²) in [6, 6.07) is 3.90. The van der Waals surface area contributed by atoms with Gasteiger partial charge in [-0.3, -0.25) is 4.98 Å². The highest BCUT2D eigenvalue weighted by atomic mass is 32.1. The van der Waals surface area contributed by atoms with E-state index in [1.54, 1.807) is 28.6 Å². The number of amides is 1. The zero-order valence-corrected chi connectivity index (χ0v) is 16.3. The van der Waals surface area contributed by atoms with Crippen LogP contribution in [0.25, 0.3) is 11.3 Å². The molecule has 3 heterocycles. The molecule has 3 rings (SSSR count). The highest BCUT2D eigenvalue weighted by molar-refractivity contribution is 7.09. The molecule has 6 nitrogen and oxygen atoms in total. The zero-order chi connectivity index (χ0) is 18.6. The van der Waals surface area contributed by atoms with E-state index in [0.29, 0.717) is 19.7 Å². The van der Waals surface area contributed by atoms with Crippen LogP contribution in [-0.4, -0.2) is 45.8 Å². The number of ether oxygens (including phenoxy) is 2. The molecule has 0 bridgehead atoms. The Morgan fingerprint density at radius 2 is 1.96 bits per heavy atom. The van der Waals surface area contributed by atoms with E-state index < -0.39 is 5.60 Å². The first kappa shape index (κ1) is 18.8. The minimum atomic E-state index is -0.457. The third kappa shape index (κ3) is 5.25. The Balaban J connectivity index is 1.44. The van der Waals surface area contributed by atoms with Gasteiger partial charge in [0.15, 0.2) is 0 Å². The first-order chi connectivity index (χ1) is 12.4. The lowest BCUT2D eigenvalue weighted by atomic mass is 10.1. The molecule has 0 unspecified atom stereocenters. The molecular formula is C19H25N3O3S. The smallest absolute Gasteiger partial charge is 0.410 e. The Labute approximate surface area is 158 Å². The lowest BCUT2D eigenvalue weighted by Crippen LogP contribution is -2.43. The summed E-state index contributed by atoms with van der Waals surface area (Å²) in [5.41, 5.74) is 1.56. The third-order valence-corrected chi connectivity index (χ3v) is 4.89. The molecule has 7 heteroatoms. The quantitative estimate of drug-likeness (QED) is 0.804. The van der Waals surface area contributed by atoms with Crippen LogP contribution >= 0.6 is 11.3 Å². The van der Waals surface area contributed by atoms with Gasteiger partial charge < -0.3 is 14.4 Å². The van der Waals surface area contributed by atoms with E-state index in [1.807, 2.05) is 38.3 Å². The minimum absolute atomic E-state index is 0.155. The number of aromatic nitrogens is 2. The molecule has 0 radical (unpaired) electrons. The van der Waals surface area contributed by atoms with E-state index in [4.69, 9.17) is 9.47 Å². The van der Waals surface area contributed by atoms with Gasteiger partial charge in [0.05, 0.1) is 18.4 Å². The van der Waals surface area contributed by atoms with Gasteiger partial charge in [-0.25, -0.2) is 9.78 Å². The molecule has 0 spiro atoms. The largest absolute Gasteiger partial charge is 0.444 e. The molecule has 0 aromatic carbocycles. The van der Waals surface area contributed by atoms with Gasteiger partial charge in [0.2, 0.25) is 0 Å². The first-order valence-electron chi connectivity index (χ1n) is 8.85. The van der Waals surface area contributed by atoms with Crippen LogP contribution in [0.4, 0.5) is 4.79 Å². The van der Waals surface area contributed by atoms with E-state index >= 15 is 0 Å². The van der Waals surface area contributed by atoms with Crippen molar-refractivity contribution in [3.63, 3.8) is 0 Å². The van der Waals surface area contributed by atoms with Gasteiger partial charge in [0.25, 0.3) is 0 Å². The summed E-state index contributed by atoms with van der Waals surface area (Å²) in [6.07, 6.45) is 5.09. The number of rotatable bonds is 4. The van der Waals surface area contributed by atoms with E-state index in [1.165, 1.54) is 0 Å². The Hall–Kier alpha value is -1.99. The molecule has 0 aliphatic carbocycles. The van der Waals surface area contributed by atoms with Gasteiger partial charge in [-0.2, -0.15) is 0 Å². The average Bonchev–Trinajstić information content (AvgIpc) is 3.09. The second kappa shape index (κ2) is 8.14. The summed E-state index contributed by atoms with van der Waals surface area (Å²) in [7, 11) is 0. The number of piperidine rings is 1. The van der Waals surface area contributed by atoms with Crippen LogP contribution in [0, 0.1) is 0 Å². The summed E-state index contributed by atoms with van der Waals surface area (Å²) >= 11 is 1.60. The molecule has 26 heavy (non-hydrogen) atoms. The van der Waals surface area contributed by atoms with Crippen molar-refractivity contribution >= 4 is 17.4 Å². The zero-order valence-electron chi connectivity index (χ0n) is 15.5. The van der Waals surface area contributed by atoms with Crippen LogP contribution in [0.1, 0.15) is 38.6 Å². The van der Waals surface area contributed by atoms with Crippen molar-refractivity contribution in [2.45, 2.75) is 51.9 Å². The normalized spacial score (nSPS) is 15.9. The Morgan fingerprint density at radius 1 is 1.27 bits per heavy atom. The monoisotopic (exact) mass is 375 g/mol. The van der Waals surface area contributed by atoms with E-state index in [-0.39, 0.29) is 12.2 Å². The standard InChI is InChI=1S/C19H25N3O3S/c1-19(2,3)25-18(23)22-10-6-15(7-11-22)24-12-17-21-16(13-26-17)14-4-8-20-9-5-14/h4-5,8-9,13,15H,6-7,10-12H2,1-3H3. The van der Waals surface area contributed by atoms with E-state index in [0.717, 1.165) is 29.1 Å². The maximum Gasteiger partial charge on any atom is 0.410 e. The maximum absolute atomic E-state index is 12.1. The fourth-order valence-electron chi connectivity index (χ4n) is 2.75. The molecule has 1 aliphatic heterocycles. The molecule has 1 amide bonds. The third-order valence-electron chi connectivity index (χ3n) is 4.06. The lowest BCUT2D eigenvalue weighted by molar-refractivity contribution is -0.0170. The second-order valence-electron chi connectivity index (χ2n) is 7.34. The molecular weight excluding hydrogens is 350 g/mol. The van der Waals surface area contributed by atoms with Gasteiger partial charge in [-0.15, -0.1) is 11.3 Å². The predicted octanol–water partition coefficient (Wildman–Crippen LogP) is 4.12. The summed E-state index contributed by atoms with van der Waals surface area (Å²) in [4.78, 5) is 22.5. The molecule has 1 saturated heterocycles. The molecule has 0 atom stereocenters. The Bertz CT molecular complexity index is 719. The number of carbonyl (C=O) groups excluding carboxylic acids is 1. The fourth-order valence-corrected chi connectivity index (χ4v) is 3.48. The molecule has 140 valence electrons. The number of nitrogens with zero attached hydrogens (tertiary/aromatic N) is 3. The van der Waals surface area contributed by atoms with Crippen molar-refractivity contribution < 1.29 is 14.3 Å². The molecule has 0 N–H and O–H groups in total. The minimum Gasteiger partial charge on any atom is -0.444 e. The number of hydrogen-bond acceptors (Lipinski definition) is 6. The van der Waals surface area contributed by atoms with Crippen LogP contribution in [0.3, 0.4) is 0 Å². The summed E-state index contributed by atoms with van der Waals surface area (Å²) in [5, 5.41) is 3.01. The molecule has 1 aliphatic rings. The lowest BCUT2D eigenvalue weighted by Gasteiger charge is -2.33. The maximum atomic E-state index is 12.1. The van der Waals surface area contributed by atoms with Crippen LogP contribution in [-0.2, 0) is 16.1 Å². The SMILES string of the molecule is CC(C)(C)OC(=O)N1CCC(OCc2nc(-c3ccncc3)cs2)CC1. The fraction of sp³-hybridized carbons (Fsp3) is 0.526. The van der Waals surface area contributed by atoms with E-state index in [2.05, 4.69) is 9.97 Å². The summed E-state index contributed by atoms with van der Waals surface area (Å²) < 4.78 is 11.4. The predicted molar refractivity (Wildman–Crippen MR) is 101 cm³/mol. The Kier molecular flexibility index (Phi) is 5.88. The van der Waals surface area contributed by atoms with Crippen molar-refractivity contribution in [2.24, 2.45) is 0 Å². The van der Waals surface area contributed by atoms with Crippen LogP contribution in [0.15, 0.2) is 29.9 Å². The second-order valence-corrected chi connectivity index (χ2v) is 8.28. The number of carbonyl (C=O) groups is 1.